The van der Waals surface area contributed by atoms with Gasteiger partial charge in [0.1, 0.15) is 5.82 Å². The molecule has 0 radical (unpaired) electrons. The molecule has 1 nitrogen and oxygen atoms in total. The molecule has 0 saturated carbocycles. The van der Waals surface area contributed by atoms with Crippen LogP contribution in [0.1, 0.15) is 26.9 Å². The molecule has 0 aliphatic rings. The molecule has 0 aliphatic carbocycles. The minimum Gasteiger partial charge on any atom is -0.324 e. The summed E-state index contributed by atoms with van der Waals surface area (Å²) in [5.41, 5.74) is 8.47. The van der Waals surface area contributed by atoms with Gasteiger partial charge in [0.05, 0.1) is 0 Å². The molecule has 1 aromatic carbocycles. The Bertz CT molecular complexity index is 501. The highest BCUT2D eigenvalue weighted by atomic mass is 32.1. The normalized spacial score (nSPS) is 12.7. The quantitative estimate of drug-likeness (QED) is 0.881. The van der Waals surface area contributed by atoms with Crippen molar-refractivity contribution in [2.24, 2.45) is 5.73 Å². The van der Waals surface area contributed by atoms with E-state index in [0.29, 0.717) is 0 Å². The third-order valence-corrected chi connectivity index (χ3v) is 3.83. The second kappa shape index (κ2) is 4.98. The zero-order chi connectivity index (χ0) is 12.4. The van der Waals surface area contributed by atoms with Crippen LogP contribution in [0.15, 0.2) is 30.3 Å². The molecule has 3 heteroatoms. The summed E-state index contributed by atoms with van der Waals surface area (Å²) in [7, 11) is 0. The topological polar surface area (TPSA) is 26.0 Å². The summed E-state index contributed by atoms with van der Waals surface area (Å²) in [4.78, 5) is 2.56. The van der Waals surface area contributed by atoms with Gasteiger partial charge in [0.2, 0.25) is 0 Å². The number of thiophene rings is 1. The van der Waals surface area contributed by atoms with E-state index in [1.165, 1.54) is 27.5 Å². The van der Waals surface area contributed by atoms with Crippen LogP contribution in [-0.2, 0) is 6.42 Å². The van der Waals surface area contributed by atoms with E-state index < -0.39 is 0 Å². The minimum absolute atomic E-state index is 0.00888. The number of hydrogen-bond acceptors (Lipinski definition) is 2. The van der Waals surface area contributed by atoms with Crippen molar-refractivity contribution in [3.8, 4) is 0 Å². The summed E-state index contributed by atoms with van der Waals surface area (Å²) in [6.45, 7) is 4.18. The Morgan fingerprint density at radius 1 is 1.24 bits per heavy atom. The maximum absolute atomic E-state index is 12.8. The molecule has 0 bridgehead atoms. The SMILES string of the molecule is Cc1cc(C(N)Cc2ccc(F)cc2)c(C)s1. The van der Waals surface area contributed by atoms with Crippen LogP contribution in [0.25, 0.3) is 0 Å². The number of aryl methyl sites for hydroxylation is 2. The predicted octanol–water partition coefficient (Wildman–Crippen LogP) is 3.75. The van der Waals surface area contributed by atoms with E-state index in [1.807, 2.05) is 0 Å². The Hall–Kier alpha value is -1.19. The van der Waals surface area contributed by atoms with Crippen molar-refractivity contribution in [2.45, 2.75) is 26.3 Å². The highest BCUT2D eigenvalue weighted by molar-refractivity contribution is 7.12. The van der Waals surface area contributed by atoms with Crippen LogP contribution in [0.4, 0.5) is 4.39 Å². The second-order valence-electron chi connectivity index (χ2n) is 4.31. The lowest BCUT2D eigenvalue weighted by molar-refractivity contribution is 0.625. The third kappa shape index (κ3) is 2.93. The van der Waals surface area contributed by atoms with Gasteiger partial charge < -0.3 is 5.73 Å². The van der Waals surface area contributed by atoms with E-state index in [-0.39, 0.29) is 11.9 Å². The molecule has 0 aliphatic heterocycles. The van der Waals surface area contributed by atoms with E-state index in [9.17, 15) is 4.39 Å². The van der Waals surface area contributed by atoms with Gasteiger partial charge in [0.25, 0.3) is 0 Å². The maximum Gasteiger partial charge on any atom is 0.123 e. The Kier molecular flexibility index (Phi) is 3.60. The molecule has 1 aromatic heterocycles. The summed E-state index contributed by atoms with van der Waals surface area (Å²) >= 11 is 1.77. The lowest BCUT2D eigenvalue weighted by Crippen LogP contribution is -2.13. The molecule has 0 amide bonds. The highest BCUT2D eigenvalue weighted by Crippen LogP contribution is 2.27. The first-order valence-electron chi connectivity index (χ1n) is 5.63. The van der Waals surface area contributed by atoms with Gasteiger partial charge >= 0.3 is 0 Å². The van der Waals surface area contributed by atoms with Crippen LogP contribution in [0, 0.1) is 19.7 Å². The molecular formula is C14H16FNS. The Morgan fingerprint density at radius 2 is 1.88 bits per heavy atom. The third-order valence-electron chi connectivity index (χ3n) is 2.85. The fraction of sp³-hybridized carbons (Fsp3) is 0.286. The Balaban J connectivity index is 2.14. The van der Waals surface area contributed by atoms with Crippen LogP contribution < -0.4 is 5.73 Å². The zero-order valence-electron chi connectivity index (χ0n) is 10.0. The number of nitrogens with two attached hydrogens (primary N) is 1. The molecule has 1 unspecified atom stereocenters. The van der Waals surface area contributed by atoms with Gasteiger partial charge in [-0.1, -0.05) is 12.1 Å². The lowest BCUT2D eigenvalue weighted by Gasteiger charge is -2.11. The van der Waals surface area contributed by atoms with Gasteiger partial charge in [0, 0.05) is 15.8 Å². The van der Waals surface area contributed by atoms with E-state index in [2.05, 4.69) is 19.9 Å². The molecule has 2 N–H and O–H groups in total. The average Bonchev–Trinajstić information content (AvgIpc) is 2.61. The van der Waals surface area contributed by atoms with E-state index in [4.69, 9.17) is 5.73 Å². The smallest absolute Gasteiger partial charge is 0.123 e. The van der Waals surface area contributed by atoms with Crippen LogP contribution in [-0.4, -0.2) is 0 Å². The largest absolute Gasteiger partial charge is 0.324 e. The first-order valence-corrected chi connectivity index (χ1v) is 6.45. The van der Waals surface area contributed by atoms with Crippen molar-refractivity contribution < 1.29 is 4.39 Å². The van der Waals surface area contributed by atoms with E-state index >= 15 is 0 Å². The molecule has 90 valence electrons. The number of hydrogen-bond donors (Lipinski definition) is 1. The van der Waals surface area contributed by atoms with Crippen LogP contribution in [0.2, 0.25) is 0 Å². The first kappa shape index (κ1) is 12.3. The predicted molar refractivity (Wildman–Crippen MR) is 70.8 cm³/mol. The zero-order valence-corrected chi connectivity index (χ0v) is 10.9. The fourth-order valence-corrected chi connectivity index (χ4v) is 3.00. The molecule has 0 spiro atoms. The van der Waals surface area contributed by atoms with Crippen molar-refractivity contribution in [1.29, 1.82) is 0 Å². The van der Waals surface area contributed by atoms with Crippen molar-refractivity contribution in [3.05, 3.63) is 57.0 Å². The number of benzene rings is 1. The van der Waals surface area contributed by atoms with Gasteiger partial charge in [-0.05, 0) is 49.6 Å². The van der Waals surface area contributed by atoms with Crippen molar-refractivity contribution >= 4 is 11.3 Å². The summed E-state index contributed by atoms with van der Waals surface area (Å²) in [6.07, 6.45) is 0.747. The molecule has 0 saturated heterocycles. The van der Waals surface area contributed by atoms with E-state index in [1.54, 1.807) is 23.5 Å². The standard InChI is InChI=1S/C14H16FNS/c1-9-7-13(10(2)17-9)14(16)8-11-3-5-12(15)6-4-11/h3-7,14H,8,16H2,1-2H3. The van der Waals surface area contributed by atoms with Crippen molar-refractivity contribution in [1.82, 2.24) is 0 Å². The summed E-state index contributed by atoms with van der Waals surface area (Å²) in [6, 6.07) is 8.69. The van der Waals surface area contributed by atoms with Gasteiger partial charge in [-0.3, -0.25) is 0 Å². The molecule has 1 heterocycles. The second-order valence-corrected chi connectivity index (χ2v) is 5.77. The average molecular weight is 249 g/mol. The van der Waals surface area contributed by atoms with Gasteiger partial charge in [-0.25, -0.2) is 4.39 Å². The summed E-state index contributed by atoms with van der Waals surface area (Å²) < 4.78 is 12.8. The Labute approximate surface area is 105 Å². The molecule has 2 rings (SSSR count). The summed E-state index contributed by atoms with van der Waals surface area (Å²) in [5.74, 6) is -0.204. The Morgan fingerprint density at radius 3 is 2.41 bits per heavy atom. The monoisotopic (exact) mass is 249 g/mol. The van der Waals surface area contributed by atoms with Crippen molar-refractivity contribution in [2.75, 3.05) is 0 Å². The fourth-order valence-electron chi connectivity index (χ4n) is 2.00. The molecule has 0 fully saturated rings. The molecule has 2 aromatic rings. The number of halogens is 1. The van der Waals surface area contributed by atoms with Gasteiger partial charge in [-0.15, -0.1) is 11.3 Å². The number of rotatable bonds is 3. The molecule has 1 atom stereocenters. The molecule has 17 heavy (non-hydrogen) atoms. The van der Waals surface area contributed by atoms with E-state index in [0.717, 1.165) is 12.0 Å². The van der Waals surface area contributed by atoms with Crippen LogP contribution >= 0.6 is 11.3 Å². The van der Waals surface area contributed by atoms with Gasteiger partial charge in [0.15, 0.2) is 0 Å². The first-order chi connectivity index (χ1) is 8.06. The molecular weight excluding hydrogens is 233 g/mol. The highest BCUT2D eigenvalue weighted by Gasteiger charge is 2.12. The summed E-state index contributed by atoms with van der Waals surface area (Å²) in [5, 5.41) is 0. The van der Waals surface area contributed by atoms with Gasteiger partial charge in [-0.2, -0.15) is 0 Å². The van der Waals surface area contributed by atoms with Crippen LogP contribution in [0.5, 0.6) is 0 Å². The van der Waals surface area contributed by atoms with Crippen LogP contribution in [0.3, 0.4) is 0 Å². The maximum atomic E-state index is 12.8. The van der Waals surface area contributed by atoms with Crippen molar-refractivity contribution in [3.63, 3.8) is 0 Å². The minimum atomic E-state index is -0.204. The lowest BCUT2D eigenvalue weighted by atomic mass is 10.0.